The highest BCUT2D eigenvalue weighted by Gasteiger charge is 2.30. The van der Waals surface area contributed by atoms with Crippen molar-refractivity contribution in [3.8, 4) is 5.75 Å². The van der Waals surface area contributed by atoms with Gasteiger partial charge in [0.05, 0.1) is 12.3 Å². The lowest BCUT2D eigenvalue weighted by Crippen LogP contribution is -2.45. The quantitative estimate of drug-likeness (QED) is 0.840. The molecule has 2 aromatic rings. The number of para-hydroxylation sites is 1. The number of halogens is 1. The van der Waals surface area contributed by atoms with Crippen LogP contribution in [0.15, 0.2) is 53.0 Å². The van der Waals surface area contributed by atoms with Gasteiger partial charge in [0.25, 0.3) is 0 Å². The number of hydrogen-bond donors (Lipinski definition) is 1. The molecule has 1 atom stereocenters. The van der Waals surface area contributed by atoms with Gasteiger partial charge in [-0.3, -0.25) is 0 Å². The smallest absolute Gasteiger partial charge is 0.211 e. The van der Waals surface area contributed by atoms with Crippen LogP contribution in [0.25, 0.3) is 0 Å². The topological polar surface area (TPSA) is 58.6 Å². The van der Waals surface area contributed by atoms with Crippen molar-refractivity contribution in [1.82, 2.24) is 4.31 Å². The summed E-state index contributed by atoms with van der Waals surface area (Å²) in [6.45, 7) is 1.11. The number of fused-ring (bicyclic) bond motifs is 1. The van der Waals surface area contributed by atoms with Gasteiger partial charge in [-0.05, 0) is 35.9 Å². The van der Waals surface area contributed by atoms with E-state index in [4.69, 9.17) is 4.74 Å². The van der Waals surface area contributed by atoms with Gasteiger partial charge in [-0.25, -0.2) is 8.42 Å². The largest absolute Gasteiger partial charge is 0.492 e. The lowest BCUT2D eigenvalue weighted by Gasteiger charge is -2.27. The number of anilines is 1. The average molecular weight is 411 g/mol. The molecule has 0 aromatic heterocycles. The summed E-state index contributed by atoms with van der Waals surface area (Å²) in [6, 6.07) is 15.0. The molecule has 128 valence electrons. The highest BCUT2D eigenvalue weighted by atomic mass is 79.9. The van der Waals surface area contributed by atoms with Crippen LogP contribution in [0, 0.1) is 0 Å². The van der Waals surface area contributed by atoms with E-state index < -0.39 is 10.0 Å². The normalized spacial score (nSPS) is 18.3. The van der Waals surface area contributed by atoms with Crippen LogP contribution in [0.2, 0.25) is 0 Å². The Labute approximate surface area is 150 Å². The maximum atomic E-state index is 12.3. The van der Waals surface area contributed by atoms with Gasteiger partial charge in [0, 0.05) is 23.2 Å². The maximum Gasteiger partial charge on any atom is 0.211 e. The predicted octanol–water partition coefficient (Wildman–Crippen LogP) is 3.08. The van der Waals surface area contributed by atoms with Gasteiger partial charge in [0.1, 0.15) is 12.4 Å². The highest BCUT2D eigenvalue weighted by Crippen LogP contribution is 2.27. The average Bonchev–Trinajstić information content (AvgIpc) is 2.73. The maximum absolute atomic E-state index is 12.3. The summed E-state index contributed by atoms with van der Waals surface area (Å²) < 4.78 is 32.8. The molecule has 5 nitrogen and oxygen atoms in total. The number of benzene rings is 2. The summed E-state index contributed by atoms with van der Waals surface area (Å²) in [7, 11) is -3.36. The molecular weight excluding hydrogens is 392 g/mol. The lowest BCUT2D eigenvalue weighted by atomic mass is 10.2. The zero-order valence-corrected chi connectivity index (χ0v) is 15.7. The van der Waals surface area contributed by atoms with Crippen molar-refractivity contribution in [1.29, 1.82) is 0 Å². The van der Waals surface area contributed by atoms with Gasteiger partial charge in [-0.1, -0.05) is 34.1 Å². The number of rotatable bonds is 4. The Kier molecular flexibility index (Phi) is 5.12. The van der Waals surface area contributed by atoms with Crippen LogP contribution in [0.1, 0.15) is 5.56 Å². The van der Waals surface area contributed by atoms with Gasteiger partial charge in [0.15, 0.2) is 0 Å². The van der Waals surface area contributed by atoms with Crippen molar-refractivity contribution in [2.45, 2.75) is 12.6 Å². The summed E-state index contributed by atoms with van der Waals surface area (Å²) in [5.74, 6) is 0.732. The molecule has 1 N–H and O–H groups in total. The molecule has 0 saturated carbocycles. The van der Waals surface area contributed by atoms with Crippen molar-refractivity contribution in [3.05, 3.63) is 58.6 Å². The van der Waals surface area contributed by atoms with E-state index in [1.807, 2.05) is 48.5 Å². The predicted molar refractivity (Wildman–Crippen MR) is 98.7 cm³/mol. The first kappa shape index (κ1) is 17.3. The standard InChI is InChI=1S/C17H19BrN2O3S/c1-24(21,22)20-11-13-9-14(18)7-8-17(13)19-10-15(20)12-23-16-5-3-2-4-6-16/h2-9,15,19H,10-12H2,1H3. The molecule has 1 unspecified atom stereocenters. The van der Waals surface area contributed by atoms with Crippen LogP contribution in [0.4, 0.5) is 5.69 Å². The fraction of sp³-hybridized carbons (Fsp3) is 0.294. The first-order valence-electron chi connectivity index (χ1n) is 7.60. The highest BCUT2D eigenvalue weighted by molar-refractivity contribution is 9.10. The number of ether oxygens (including phenoxy) is 1. The zero-order chi connectivity index (χ0) is 17.2. The molecule has 0 saturated heterocycles. The fourth-order valence-corrected chi connectivity index (χ4v) is 4.19. The molecular formula is C17H19BrN2O3S. The van der Waals surface area contributed by atoms with E-state index >= 15 is 0 Å². The summed E-state index contributed by atoms with van der Waals surface area (Å²) in [6.07, 6.45) is 1.24. The Balaban J connectivity index is 1.83. The Morgan fingerprint density at radius 2 is 2.00 bits per heavy atom. The van der Waals surface area contributed by atoms with Crippen molar-refractivity contribution in [2.24, 2.45) is 0 Å². The van der Waals surface area contributed by atoms with Crippen molar-refractivity contribution in [2.75, 3.05) is 24.7 Å². The minimum atomic E-state index is -3.36. The second-order valence-corrected chi connectivity index (χ2v) is 8.62. The van der Waals surface area contributed by atoms with Gasteiger partial charge < -0.3 is 10.1 Å². The Morgan fingerprint density at radius 1 is 1.25 bits per heavy atom. The number of nitrogens with one attached hydrogen (secondary N) is 1. The SMILES string of the molecule is CS(=O)(=O)N1Cc2cc(Br)ccc2NCC1COc1ccccc1. The third-order valence-corrected chi connectivity index (χ3v) is 5.71. The first-order valence-corrected chi connectivity index (χ1v) is 10.2. The van der Waals surface area contributed by atoms with Crippen LogP contribution in [0.3, 0.4) is 0 Å². The van der Waals surface area contributed by atoms with Crippen LogP contribution in [0.5, 0.6) is 5.75 Å². The van der Waals surface area contributed by atoms with Gasteiger partial charge in [-0.2, -0.15) is 4.31 Å². The molecule has 0 spiro atoms. The van der Waals surface area contributed by atoms with Gasteiger partial charge >= 0.3 is 0 Å². The van der Waals surface area contributed by atoms with E-state index in [1.54, 1.807) is 0 Å². The van der Waals surface area contributed by atoms with E-state index in [0.29, 0.717) is 19.7 Å². The molecule has 1 heterocycles. The lowest BCUT2D eigenvalue weighted by molar-refractivity contribution is 0.210. The summed E-state index contributed by atoms with van der Waals surface area (Å²) in [5.41, 5.74) is 1.89. The van der Waals surface area contributed by atoms with E-state index in [0.717, 1.165) is 21.5 Å². The van der Waals surface area contributed by atoms with E-state index in [1.165, 1.54) is 10.6 Å². The minimum Gasteiger partial charge on any atom is -0.492 e. The summed E-state index contributed by atoms with van der Waals surface area (Å²) in [4.78, 5) is 0. The summed E-state index contributed by atoms with van der Waals surface area (Å²) >= 11 is 3.44. The minimum absolute atomic E-state index is 0.286. The Morgan fingerprint density at radius 3 is 2.71 bits per heavy atom. The molecule has 7 heteroatoms. The molecule has 3 rings (SSSR count). The molecule has 1 aliphatic rings. The zero-order valence-electron chi connectivity index (χ0n) is 13.3. The second-order valence-electron chi connectivity index (χ2n) is 5.77. The fourth-order valence-electron chi connectivity index (χ4n) is 2.73. The molecule has 0 bridgehead atoms. The van der Waals surface area contributed by atoms with E-state index in [2.05, 4.69) is 21.2 Å². The van der Waals surface area contributed by atoms with Crippen LogP contribution < -0.4 is 10.1 Å². The Bertz CT molecular complexity index is 812. The second kappa shape index (κ2) is 7.13. The van der Waals surface area contributed by atoms with Crippen LogP contribution in [-0.2, 0) is 16.6 Å². The van der Waals surface area contributed by atoms with Crippen LogP contribution >= 0.6 is 15.9 Å². The summed E-state index contributed by atoms with van der Waals surface area (Å²) in [5, 5.41) is 3.33. The number of nitrogens with zero attached hydrogens (tertiary/aromatic N) is 1. The monoisotopic (exact) mass is 410 g/mol. The molecule has 0 aliphatic carbocycles. The molecule has 0 radical (unpaired) electrons. The van der Waals surface area contributed by atoms with E-state index in [9.17, 15) is 8.42 Å². The molecule has 1 aliphatic heterocycles. The van der Waals surface area contributed by atoms with Gasteiger partial charge in [-0.15, -0.1) is 0 Å². The number of sulfonamides is 1. The molecule has 24 heavy (non-hydrogen) atoms. The third-order valence-electron chi connectivity index (χ3n) is 3.94. The van der Waals surface area contributed by atoms with Crippen molar-refractivity contribution >= 4 is 31.6 Å². The van der Waals surface area contributed by atoms with E-state index in [-0.39, 0.29) is 6.04 Å². The first-order chi connectivity index (χ1) is 11.4. The van der Waals surface area contributed by atoms with Crippen LogP contribution in [-0.4, -0.2) is 38.2 Å². The van der Waals surface area contributed by atoms with Crippen molar-refractivity contribution < 1.29 is 13.2 Å². The molecule has 0 fully saturated rings. The molecule has 0 amide bonds. The van der Waals surface area contributed by atoms with Gasteiger partial charge in [0.2, 0.25) is 10.0 Å². The Hall–Kier alpha value is -1.57. The van der Waals surface area contributed by atoms with Crippen molar-refractivity contribution in [3.63, 3.8) is 0 Å². The number of hydrogen-bond acceptors (Lipinski definition) is 4. The third kappa shape index (κ3) is 4.09. The molecule has 2 aromatic carbocycles.